The van der Waals surface area contributed by atoms with E-state index in [4.69, 9.17) is 0 Å². The second kappa shape index (κ2) is 4.13. The lowest BCUT2D eigenvalue weighted by Crippen LogP contribution is -2.12. The zero-order valence-corrected chi connectivity index (χ0v) is 10.2. The average Bonchev–Trinajstić information content (AvgIpc) is 2.28. The van der Waals surface area contributed by atoms with Crippen LogP contribution in [-0.4, -0.2) is 11.6 Å². The Kier molecular flexibility index (Phi) is 2.80. The standard InChI is InChI=1S/C15H14O2/c1-9-5-4-6-13-12(9)8-7-10(2)14(13)15(17)11(3)16/h4-8H,1-3H3. The number of benzene rings is 2. The third kappa shape index (κ3) is 1.86. The number of ketones is 2. The van der Waals surface area contributed by atoms with Crippen molar-refractivity contribution in [2.75, 3.05) is 0 Å². The van der Waals surface area contributed by atoms with Gasteiger partial charge in [-0.25, -0.2) is 0 Å². The van der Waals surface area contributed by atoms with Crippen LogP contribution in [0.2, 0.25) is 0 Å². The van der Waals surface area contributed by atoms with Crippen LogP contribution in [0.5, 0.6) is 0 Å². The molecule has 2 aromatic carbocycles. The molecule has 0 aromatic heterocycles. The van der Waals surface area contributed by atoms with Crippen LogP contribution in [0.15, 0.2) is 30.3 Å². The maximum Gasteiger partial charge on any atom is 0.229 e. The maximum absolute atomic E-state index is 11.9. The lowest BCUT2D eigenvalue weighted by atomic mass is 9.93. The maximum atomic E-state index is 11.9. The lowest BCUT2D eigenvalue weighted by molar-refractivity contribution is -0.113. The van der Waals surface area contributed by atoms with Gasteiger partial charge in [0.2, 0.25) is 5.78 Å². The molecule has 0 fully saturated rings. The Morgan fingerprint density at radius 3 is 2.24 bits per heavy atom. The number of Topliss-reactive ketones (excluding diaryl/α,β-unsaturated/α-hetero) is 2. The summed E-state index contributed by atoms with van der Waals surface area (Å²) in [7, 11) is 0. The molecule has 2 nitrogen and oxygen atoms in total. The Bertz CT molecular complexity index is 624. The van der Waals surface area contributed by atoms with Crippen LogP contribution in [0, 0.1) is 13.8 Å². The first-order chi connectivity index (χ1) is 8.02. The summed E-state index contributed by atoms with van der Waals surface area (Å²) in [5.74, 6) is -0.819. The fourth-order valence-electron chi connectivity index (χ4n) is 2.10. The number of carbonyl (C=O) groups is 2. The number of fused-ring (bicyclic) bond motifs is 1. The lowest BCUT2D eigenvalue weighted by Gasteiger charge is -2.09. The van der Waals surface area contributed by atoms with Gasteiger partial charge in [-0.2, -0.15) is 0 Å². The largest absolute Gasteiger partial charge is 0.291 e. The Balaban J connectivity index is 2.86. The molecule has 0 radical (unpaired) electrons. The molecule has 0 aliphatic heterocycles. The second-order valence-corrected chi connectivity index (χ2v) is 4.31. The van der Waals surface area contributed by atoms with E-state index in [1.165, 1.54) is 6.92 Å². The smallest absolute Gasteiger partial charge is 0.229 e. The minimum Gasteiger partial charge on any atom is -0.291 e. The molecule has 0 heterocycles. The highest BCUT2D eigenvalue weighted by atomic mass is 16.2. The molecule has 0 atom stereocenters. The van der Waals surface area contributed by atoms with Crippen LogP contribution in [0.25, 0.3) is 10.8 Å². The topological polar surface area (TPSA) is 34.1 Å². The van der Waals surface area contributed by atoms with Crippen LogP contribution in [-0.2, 0) is 4.79 Å². The van der Waals surface area contributed by atoms with E-state index in [1.807, 2.05) is 44.2 Å². The van der Waals surface area contributed by atoms with Crippen LogP contribution < -0.4 is 0 Å². The highest BCUT2D eigenvalue weighted by molar-refractivity contribution is 6.45. The predicted octanol–water partition coefficient (Wildman–Crippen LogP) is 3.23. The van der Waals surface area contributed by atoms with Crippen LogP contribution in [0.1, 0.15) is 28.4 Å². The van der Waals surface area contributed by atoms with E-state index >= 15 is 0 Å². The third-order valence-corrected chi connectivity index (χ3v) is 3.03. The predicted molar refractivity (Wildman–Crippen MR) is 68.4 cm³/mol. The minimum absolute atomic E-state index is 0.404. The number of carbonyl (C=O) groups excluding carboxylic acids is 2. The Morgan fingerprint density at radius 1 is 0.882 bits per heavy atom. The summed E-state index contributed by atoms with van der Waals surface area (Å²) in [6.45, 7) is 5.17. The fraction of sp³-hybridized carbons (Fsp3) is 0.200. The summed E-state index contributed by atoms with van der Waals surface area (Å²) in [5, 5.41) is 1.90. The monoisotopic (exact) mass is 226 g/mol. The van der Waals surface area contributed by atoms with Crippen molar-refractivity contribution in [1.82, 2.24) is 0 Å². The van der Waals surface area contributed by atoms with Crippen LogP contribution in [0.4, 0.5) is 0 Å². The summed E-state index contributed by atoms with van der Waals surface area (Å²) >= 11 is 0. The molecular formula is C15H14O2. The molecule has 0 amide bonds. The molecular weight excluding hydrogens is 212 g/mol. The summed E-state index contributed by atoms with van der Waals surface area (Å²) in [5.41, 5.74) is 2.50. The van der Waals surface area contributed by atoms with Gasteiger partial charge in [0.15, 0.2) is 5.78 Å². The van der Waals surface area contributed by atoms with Gasteiger partial charge in [0, 0.05) is 12.5 Å². The number of rotatable bonds is 2. The van der Waals surface area contributed by atoms with E-state index in [1.54, 1.807) is 0 Å². The molecule has 2 aromatic rings. The van der Waals surface area contributed by atoms with Gasteiger partial charge in [-0.3, -0.25) is 9.59 Å². The zero-order chi connectivity index (χ0) is 12.6. The summed E-state index contributed by atoms with van der Waals surface area (Å²) in [6.07, 6.45) is 0. The van der Waals surface area contributed by atoms with Gasteiger partial charge >= 0.3 is 0 Å². The molecule has 0 saturated heterocycles. The van der Waals surface area contributed by atoms with E-state index in [-0.39, 0.29) is 0 Å². The van der Waals surface area contributed by atoms with Gasteiger partial charge in [0.05, 0.1) is 0 Å². The Hall–Kier alpha value is -1.96. The Labute approximate surface area is 100 Å². The molecule has 0 aliphatic carbocycles. The average molecular weight is 226 g/mol. The normalized spacial score (nSPS) is 10.5. The van der Waals surface area contributed by atoms with E-state index in [2.05, 4.69) is 0 Å². The third-order valence-electron chi connectivity index (χ3n) is 3.03. The zero-order valence-electron chi connectivity index (χ0n) is 10.2. The van der Waals surface area contributed by atoms with Crippen molar-refractivity contribution in [2.45, 2.75) is 20.8 Å². The highest BCUT2D eigenvalue weighted by Gasteiger charge is 2.17. The summed E-state index contributed by atoms with van der Waals surface area (Å²) in [4.78, 5) is 23.2. The van der Waals surface area contributed by atoms with Gasteiger partial charge in [0.1, 0.15) is 0 Å². The number of hydrogen-bond acceptors (Lipinski definition) is 2. The van der Waals surface area contributed by atoms with Gasteiger partial charge in [-0.05, 0) is 35.7 Å². The van der Waals surface area contributed by atoms with Crippen molar-refractivity contribution in [2.24, 2.45) is 0 Å². The van der Waals surface area contributed by atoms with Crippen LogP contribution >= 0.6 is 0 Å². The summed E-state index contributed by atoms with van der Waals surface area (Å²) in [6, 6.07) is 9.70. The highest BCUT2D eigenvalue weighted by Crippen LogP contribution is 2.25. The molecule has 0 N–H and O–H groups in total. The van der Waals surface area contributed by atoms with Crippen molar-refractivity contribution in [3.63, 3.8) is 0 Å². The molecule has 0 unspecified atom stereocenters. The van der Waals surface area contributed by atoms with Crippen molar-refractivity contribution in [3.05, 3.63) is 47.0 Å². The van der Waals surface area contributed by atoms with Crippen molar-refractivity contribution in [3.8, 4) is 0 Å². The molecule has 86 valence electrons. The van der Waals surface area contributed by atoms with Gasteiger partial charge < -0.3 is 0 Å². The summed E-state index contributed by atoms with van der Waals surface area (Å²) < 4.78 is 0. The Morgan fingerprint density at radius 2 is 1.59 bits per heavy atom. The van der Waals surface area contributed by atoms with Gasteiger partial charge in [0.25, 0.3) is 0 Å². The molecule has 0 spiro atoms. The van der Waals surface area contributed by atoms with Gasteiger partial charge in [-0.1, -0.05) is 30.3 Å². The van der Waals surface area contributed by atoms with Crippen molar-refractivity contribution >= 4 is 22.3 Å². The van der Waals surface area contributed by atoms with E-state index < -0.39 is 11.6 Å². The van der Waals surface area contributed by atoms with E-state index in [9.17, 15) is 9.59 Å². The molecule has 2 heteroatoms. The van der Waals surface area contributed by atoms with E-state index in [0.717, 1.165) is 21.9 Å². The van der Waals surface area contributed by atoms with Gasteiger partial charge in [-0.15, -0.1) is 0 Å². The fourth-order valence-corrected chi connectivity index (χ4v) is 2.10. The SMILES string of the molecule is CC(=O)C(=O)c1c(C)ccc2c(C)cccc12. The molecule has 0 aliphatic rings. The quantitative estimate of drug-likeness (QED) is 0.582. The van der Waals surface area contributed by atoms with Crippen molar-refractivity contribution in [1.29, 1.82) is 0 Å². The first-order valence-corrected chi connectivity index (χ1v) is 5.56. The molecule has 0 bridgehead atoms. The first-order valence-electron chi connectivity index (χ1n) is 5.56. The van der Waals surface area contributed by atoms with Crippen molar-refractivity contribution < 1.29 is 9.59 Å². The van der Waals surface area contributed by atoms with Crippen LogP contribution in [0.3, 0.4) is 0 Å². The first kappa shape index (κ1) is 11.5. The number of aryl methyl sites for hydroxylation is 2. The molecule has 17 heavy (non-hydrogen) atoms. The minimum atomic E-state index is -0.415. The number of hydrogen-bond donors (Lipinski definition) is 0. The molecule has 2 rings (SSSR count). The molecule has 0 saturated carbocycles. The van der Waals surface area contributed by atoms with E-state index in [0.29, 0.717) is 5.56 Å². The second-order valence-electron chi connectivity index (χ2n) is 4.31.